The Hall–Kier alpha value is -2.50. The molecule has 0 spiro atoms. The molecule has 1 aromatic rings. The lowest BCUT2D eigenvalue weighted by Gasteiger charge is -2.57. The van der Waals surface area contributed by atoms with Gasteiger partial charge < -0.3 is 15.2 Å². The fourth-order valence-corrected chi connectivity index (χ4v) is 6.75. The normalized spacial score (nSPS) is 29.6. The van der Waals surface area contributed by atoms with Crippen molar-refractivity contribution in [3.05, 3.63) is 24.3 Å². The molecule has 1 aromatic carbocycles. The van der Waals surface area contributed by atoms with E-state index in [1.165, 1.54) is 19.3 Å². The lowest BCUT2D eigenvalue weighted by atomic mass is 9.53. The summed E-state index contributed by atoms with van der Waals surface area (Å²) in [7, 11) is -4.22. The number of aliphatic imine (C=N–C) groups is 1. The first kappa shape index (κ1) is 22.7. The highest BCUT2D eigenvalue weighted by Gasteiger charge is 2.51. The van der Waals surface area contributed by atoms with E-state index in [0.717, 1.165) is 43.5 Å². The van der Waals surface area contributed by atoms with Gasteiger partial charge in [-0.1, -0.05) is 0 Å². The topological polar surface area (TPSA) is 117 Å². The van der Waals surface area contributed by atoms with Crippen LogP contribution in [0.4, 0.5) is 13.2 Å². The van der Waals surface area contributed by atoms with Crippen molar-refractivity contribution in [3.8, 4) is 5.75 Å². The van der Waals surface area contributed by atoms with E-state index in [4.69, 9.17) is 5.11 Å². The minimum absolute atomic E-state index is 0.162. The van der Waals surface area contributed by atoms with E-state index in [2.05, 4.69) is 19.8 Å². The summed E-state index contributed by atoms with van der Waals surface area (Å²) in [4.78, 5) is 14.7. The summed E-state index contributed by atoms with van der Waals surface area (Å²) in [5.74, 6) is -0.248. The van der Waals surface area contributed by atoms with Crippen molar-refractivity contribution >= 4 is 22.0 Å². The fraction of sp³-hybridized carbons (Fsp3) is 0.600. The highest BCUT2D eigenvalue weighted by atomic mass is 32.2. The highest BCUT2D eigenvalue weighted by molar-refractivity contribution is 7.90. The number of nitrogens with zero attached hydrogens (tertiary/aromatic N) is 1. The van der Waals surface area contributed by atoms with Gasteiger partial charge in [-0.25, -0.2) is 18.1 Å². The maximum Gasteiger partial charge on any atom is 0.573 e. The summed E-state index contributed by atoms with van der Waals surface area (Å²) < 4.78 is 68.7. The molecule has 8 nitrogen and oxygen atoms in total. The molecule has 0 radical (unpaired) electrons. The average Bonchev–Trinajstić information content (AvgIpc) is 2.63. The number of benzene rings is 1. The second-order valence-electron chi connectivity index (χ2n) is 9.01. The molecule has 0 atom stereocenters. The molecule has 12 heteroatoms. The average molecular weight is 475 g/mol. The van der Waals surface area contributed by atoms with Crippen molar-refractivity contribution in [3.63, 3.8) is 0 Å². The van der Waals surface area contributed by atoms with Gasteiger partial charge in [0.25, 0.3) is 10.0 Å². The zero-order chi connectivity index (χ0) is 23.1. The molecule has 4 saturated carbocycles. The molecule has 4 aliphatic rings. The zero-order valence-corrected chi connectivity index (χ0v) is 17.9. The Bertz CT molecular complexity index is 973. The summed E-state index contributed by atoms with van der Waals surface area (Å²) in [6.45, 7) is -0.629. The molecule has 0 aliphatic heterocycles. The molecule has 0 unspecified atom stereocenters. The van der Waals surface area contributed by atoms with E-state index in [1.807, 2.05) is 0 Å². The number of rotatable bonds is 6. The second kappa shape index (κ2) is 8.13. The zero-order valence-electron chi connectivity index (χ0n) is 17.1. The summed E-state index contributed by atoms with van der Waals surface area (Å²) in [5.41, 5.74) is -0.334. The predicted octanol–water partition coefficient (Wildman–Crippen LogP) is 2.86. The van der Waals surface area contributed by atoms with Crippen LogP contribution in [0, 0.1) is 17.8 Å². The summed E-state index contributed by atoms with van der Waals surface area (Å²) in [5, 5.41) is 12.2. The smallest absolute Gasteiger partial charge is 0.480 e. The van der Waals surface area contributed by atoms with Crippen LogP contribution < -0.4 is 14.8 Å². The van der Waals surface area contributed by atoms with E-state index in [0.29, 0.717) is 17.8 Å². The summed E-state index contributed by atoms with van der Waals surface area (Å²) in [6, 6.07) is 3.73. The van der Waals surface area contributed by atoms with E-state index in [-0.39, 0.29) is 16.4 Å². The van der Waals surface area contributed by atoms with Crippen molar-refractivity contribution in [1.29, 1.82) is 0 Å². The maximum absolute atomic E-state index is 12.8. The lowest BCUT2D eigenvalue weighted by Crippen LogP contribution is -2.62. The number of alkyl halides is 3. The number of hydrogen-bond acceptors (Lipinski definition) is 5. The first-order valence-corrected chi connectivity index (χ1v) is 11.8. The first-order valence-electron chi connectivity index (χ1n) is 10.3. The van der Waals surface area contributed by atoms with Crippen molar-refractivity contribution in [1.82, 2.24) is 10.0 Å². The molecule has 3 N–H and O–H groups in total. The predicted molar refractivity (Wildman–Crippen MR) is 107 cm³/mol. The van der Waals surface area contributed by atoms with Gasteiger partial charge in [0.1, 0.15) is 12.3 Å². The number of carbonyl (C=O) groups is 1. The second-order valence-corrected chi connectivity index (χ2v) is 10.7. The van der Waals surface area contributed by atoms with Crippen LogP contribution in [0.25, 0.3) is 0 Å². The Kier molecular flexibility index (Phi) is 5.76. The Morgan fingerprint density at radius 2 is 1.62 bits per heavy atom. The van der Waals surface area contributed by atoms with Crippen molar-refractivity contribution in [2.45, 2.75) is 55.3 Å². The Balaban J connectivity index is 1.52. The van der Waals surface area contributed by atoms with Crippen LogP contribution in [0.2, 0.25) is 0 Å². The standard InChI is InChI=1S/C20H24F3N3O5S/c21-20(22,23)31-15-1-3-16(4-2-15)32(29,30)26-18(24-11-17(27)28)25-19-8-12-5-13(9-19)7-14(6-12)10-19/h1-4,12-14H,5-11H2,(H,27,28)(H2,24,25,26). The number of guanidine groups is 1. The quantitative estimate of drug-likeness (QED) is 0.430. The third-order valence-corrected chi connectivity index (χ3v) is 7.75. The van der Waals surface area contributed by atoms with Crippen molar-refractivity contribution in [2.24, 2.45) is 22.7 Å². The summed E-state index contributed by atoms with van der Waals surface area (Å²) in [6.07, 6.45) is 1.22. The fourth-order valence-electron chi connectivity index (χ4n) is 5.77. The monoisotopic (exact) mass is 475 g/mol. The summed E-state index contributed by atoms with van der Waals surface area (Å²) >= 11 is 0. The van der Waals surface area contributed by atoms with Gasteiger partial charge in [0.15, 0.2) is 0 Å². The van der Waals surface area contributed by atoms with Crippen LogP contribution >= 0.6 is 0 Å². The van der Waals surface area contributed by atoms with E-state index in [1.54, 1.807) is 0 Å². The molecule has 5 rings (SSSR count). The van der Waals surface area contributed by atoms with Crippen LogP contribution in [0.3, 0.4) is 0 Å². The number of ether oxygens (including phenoxy) is 1. The molecule has 4 bridgehead atoms. The van der Waals surface area contributed by atoms with Crippen molar-refractivity contribution in [2.75, 3.05) is 6.54 Å². The van der Waals surface area contributed by atoms with Gasteiger partial charge in [0.05, 0.1) is 4.90 Å². The minimum atomic E-state index is -4.89. The van der Waals surface area contributed by atoms with E-state index in [9.17, 15) is 26.4 Å². The molecule has 0 saturated heterocycles. The molecular weight excluding hydrogens is 451 g/mol. The first-order chi connectivity index (χ1) is 14.9. The van der Waals surface area contributed by atoms with Crippen LogP contribution in [0.1, 0.15) is 38.5 Å². The Labute approximate surface area is 183 Å². The van der Waals surface area contributed by atoms with Crippen LogP contribution in [0.15, 0.2) is 34.2 Å². The lowest BCUT2D eigenvalue weighted by molar-refractivity contribution is -0.274. The molecule has 4 aliphatic carbocycles. The van der Waals surface area contributed by atoms with Gasteiger partial charge in [-0.2, -0.15) is 0 Å². The van der Waals surface area contributed by atoms with Gasteiger partial charge in [0.2, 0.25) is 5.96 Å². The maximum atomic E-state index is 12.8. The number of nitrogens with one attached hydrogen (secondary N) is 2. The Morgan fingerprint density at radius 3 is 2.09 bits per heavy atom. The number of hydrogen-bond donors (Lipinski definition) is 3. The SMILES string of the molecule is O=C(O)CN=C(NC12CC3CC(CC(C3)C1)C2)NS(=O)(=O)c1ccc(OC(F)(F)F)cc1. The molecule has 176 valence electrons. The number of sulfonamides is 1. The van der Waals surface area contributed by atoms with Crippen LogP contribution in [0.5, 0.6) is 5.75 Å². The molecular formula is C20H24F3N3O5S. The number of carboxylic acid groups (broad SMARTS) is 1. The number of halogens is 3. The van der Waals surface area contributed by atoms with Crippen LogP contribution in [-0.2, 0) is 14.8 Å². The van der Waals surface area contributed by atoms with Crippen LogP contribution in [-0.4, -0.2) is 43.9 Å². The van der Waals surface area contributed by atoms with Gasteiger partial charge in [-0.05, 0) is 80.5 Å². The van der Waals surface area contributed by atoms with Gasteiger partial charge in [-0.3, -0.25) is 4.79 Å². The minimum Gasteiger partial charge on any atom is -0.480 e. The van der Waals surface area contributed by atoms with Crippen molar-refractivity contribution < 1.29 is 36.2 Å². The van der Waals surface area contributed by atoms with Gasteiger partial charge >= 0.3 is 12.3 Å². The number of aliphatic carboxylic acids is 1. The third-order valence-electron chi connectivity index (χ3n) is 6.39. The largest absolute Gasteiger partial charge is 0.573 e. The Morgan fingerprint density at radius 1 is 1.09 bits per heavy atom. The molecule has 32 heavy (non-hydrogen) atoms. The molecule has 0 heterocycles. The van der Waals surface area contributed by atoms with E-state index >= 15 is 0 Å². The number of carboxylic acids is 1. The molecule has 0 aromatic heterocycles. The molecule has 4 fully saturated rings. The van der Waals surface area contributed by atoms with Gasteiger partial charge in [-0.15, -0.1) is 13.2 Å². The third kappa shape index (κ3) is 5.28. The highest BCUT2D eigenvalue weighted by Crippen LogP contribution is 2.55. The van der Waals surface area contributed by atoms with E-state index < -0.39 is 34.6 Å². The molecule has 0 amide bonds. The van der Waals surface area contributed by atoms with Gasteiger partial charge in [0, 0.05) is 5.54 Å².